The monoisotopic (exact) mass is 274 g/mol. The summed E-state index contributed by atoms with van der Waals surface area (Å²) >= 11 is 0. The van der Waals surface area contributed by atoms with Gasteiger partial charge in [-0.1, -0.05) is 32.0 Å². The first kappa shape index (κ1) is 14.7. The number of hydrogen-bond acceptors (Lipinski definition) is 3. The third kappa shape index (κ3) is 3.90. The summed E-state index contributed by atoms with van der Waals surface area (Å²) in [6.07, 6.45) is 1.13. The molecule has 4 heteroatoms. The second kappa shape index (κ2) is 6.66. The topological polar surface area (TPSA) is 49.4 Å². The largest absolute Gasteiger partial charge is 0.325 e. The van der Waals surface area contributed by atoms with Crippen molar-refractivity contribution < 1.29 is 9.59 Å². The molecule has 1 heterocycles. The zero-order valence-corrected chi connectivity index (χ0v) is 12.2. The highest BCUT2D eigenvalue weighted by molar-refractivity contribution is 5.93. The second-order valence-corrected chi connectivity index (χ2v) is 5.60. The number of amides is 1. The predicted molar refractivity (Wildman–Crippen MR) is 79.8 cm³/mol. The van der Waals surface area contributed by atoms with Gasteiger partial charge in [-0.3, -0.25) is 14.5 Å². The minimum atomic E-state index is -0.00699. The molecule has 0 saturated carbocycles. The molecule has 4 nitrogen and oxygen atoms in total. The molecule has 20 heavy (non-hydrogen) atoms. The molecule has 108 valence electrons. The summed E-state index contributed by atoms with van der Waals surface area (Å²) in [6.45, 7) is 5.97. The minimum absolute atomic E-state index is 0.00699. The molecule has 1 aromatic carbocycles. The third-order valence-electron chi connectivity index (χ3n) is 3.64. The van der Waals surface area contributed by atoms with Crippen LogP contribution < -0.4 is 5.32 Å². The fourth-order valence-electron chi connectivity index (χ4n) is 2.47. The van der Waals surface area contributed by atoms with Crippen molar-refractivity contribution in [1.29, 1.82) is 0 Å². The number of hydrogen-bond donors (Lipinski definition) is 1. The highest BCUT2D eigenvalue weighted by Gasteiger charge is 2.18. The number of nitrogens with one attached hydrogen (secondary N) is 1. The van der Waals surface area contributed by atoms with Crippen molar-refractivity contribution in [1.82, 2.24) is 4.90 Å². The zero-order valence-electron chi connectivity index (χ0n) is 12.2. The molecule has 0 bridgehead atoms. The van der Waals surface area contributed by atoms with E-state index < -0.39 is 0 Å². The highest BCUT2D eigenvalue weighted by Crippen LogP contribution is 2.23. The van der Waals surface area contributed by atoms with Crippen LogP contribution in [0.25, 0.3) is 0 Å². The zero-order chi connectivity index (χ0) is 14.5. The molecule has 2 rings (SSSR count). The van der Waals surface area contributed by atoms with Crippen molar-refractivity contribution in [3.63, 3.8) is 0 Å². The molecule has 1 aliphatic rings. The molecule has 0 unspecified atom stereocenters. The Kier molecular flexibility index (Phi) is 4.90. The van der Waals surface area contributed by atoms with Gasteiger partial charge in [-0.05, 0) is 17.5 Å². The molecule has 0 radical (unpaired) electrons. The number of Topliss-reactive ketones (excluding diaryl/α,β-unsaturated/α-hetero) is 1. The smallest absolute Gasteiger partial charge is 0.238 e. The van der Waals surface area contributed by atoms with E-state index in [1.165, 1.54) is 0 Å². The number of rotatable bonds is 4. The first-order chi connectivity index (χ1) is 9.56. The maximum atomic E-state index is 12.1. The summed E-state index contributed by atoms with van der Waals surface area (Å²) in [5.41, 5.74) is 2.04. The Bertz CT molecular complexity index is 487. The summed E-state index contributed by atoms with van der Waals surface area (Å²) in [5, 5.41) is 2.98. The SMILES string of the molecule is CC(C)c1ccccc1NC(=O)CN1CCC(=O)CC1. The van der Waals surface area contributed by atoms with Crippen LogP contribution in [0.5, 0.6) is 0 Å². The number of nitrogens with zero attached hydrogens (tertiary/aromatic N) is 1. The lowest BCUT2D eigenvalue weighted by atomic mass is 10.0. The molecule has 0 aliphatic carbocycles. The Morgan fingerprint density at radius 2 is 1.90 bits per heavy atom. The average molecular weight is 274 g/mol. The lowest BCUT2D eigenvalue weighted by Crippen LogP contribution is -2.39. The highest BCUT2D eigenvalue weighted by atomic mass is 16.2. The Labute approximate surface area is 120 Å². The summed E-state index contributed by atoms with van der Waals surface area (Å²) in [6, 6.07) is 7.90. The van der Waals surface area contributed by atoms with Gasteiger partial charge in [0.25, 0.3) is 0 Å². The van der Waals surface area contributed by atoms with Gasteiger partial charge in [-0.2, -0.15) is 0 Å². The summed E-state index contributed by atoms with van der Waals surface area (Å²) in [7, 11) is 0. The van der Waals surface area contributed by atoms with Gasteiger partial charge in [0.2, 0.25) is 5.91 Å². The summed E-state index contributed by atoms with van der Waals surface area (Å²) in [4.78, 5) is 25.3. The van der Waals surface area contributed by atoms with Crippen LogP contribution in [-0.4, -0.2) is 36.2 Å². The van der Waals surface area contributed by atoms with Crippen molar-refractivity contribution >= 4 is 17.4 Å². The van der Waals surface area contributed by atoms with E-state index in [9.17, 15) is 9.59 Å². The quantitative estimate of drug-likeness (QED) is 0.917. The molecule has 1 aromatic rings. The van der Waals surface area contributed by atoms with E-state index in [-0.39, 0.29) is 5.91 Å². The van der Waals surface area contributed by atoms with E-state index >= 15 is 0 Å². The fourth-order valence-corrected chi connectivity index (χ4v) is 2.47. The standard InChI is InChI=1S/C16H22N2O2/c1-12(2)14-5-3-4-6-15(14)17-16(20)11-18-9-7-13(19)8-10-18/h3-6,12H,7-11H2,1-2H3,(H,17,20). The van der Waals surface area contributed by atoms with Gasteiger partial charge in [0, 0.05) is 31.6 Å². The van der Waals surface area contributed by atoms with Crippen LogP contribution in [0.4, 0.5) is 5.69 Å². The van der Waals surface area contributed by atoms with E-state index in [0.29, 0.717) is 44.2 Å². The van der Waals surface area contributed by atoms with Crippen LogP contribution in [0.3, 0.4) is 0 Å². The number of ketones is 1. The number of carbonyl (C=O) groups is 2. The summed E-state index contributed by atoms with van der Waals surface area (Å²) in [5.74, 6) is 0.665. The van der Waals surface area contributed by atoms with Gasteiger partial charge in [0.1, 0.15) is 5.78 Å². The van der Waals surface area contributed by atoms with E-state index in [4.69, 9.17) is 0 Å². The maximum absolute atomic E-state index is 12.1. The van der Waals surface area contributed by atoms with E-state index in [0.717, 1.165) is 11.3 Å². The van der Waals surface area contributed by atoms with Crippen LogP contribution in [0.1, 0.15) is 38.2 Å². The Morgan fingerprint density at radius 1 is 1.25 bits per heavy atom. The molecular formula is C16H22N2O2. The first-order valence-corrected chi connectivity index (χ1v) is 7.19. The maximum Gasteiger partial charge on any atom is 0.238 e. The van der Waals surface area contributed by atoms with Crippen LogP contribution >= 0.6 is 0 Å². The molecule has 1 fully saturated rings. The van der Waals surface area contributed by atoms with Crippen LogP contribution in [0.2, 0.25) is 0 Å². The molecule has 0 spiro atoms. The van der Waals surface area contributed by atoms with Crippen molar-refractivity contribution in [2.75, 3.05) is 25.0 Å². The molecule has 0 aromatic heterocycles. The first-order valence-electron chi connectivity index (χ1n) is 7.19. The Morgan fingerprint density at radius 3 is 2.55 bits per heavy atom. The molecule has 1 N–H and O–H groups in total. The molecule has 1 saturated heterocycles. The number of para-hydroxylation sites is 1. The lowest BCUT2D eigenvalue weighted by Gasteiger charge is -2.25. The number of piperidine rings is 1. The molecule has 1 amide bonds. The van der Waals surface area contributed by atoms with Crippen LogP contribution in [-0.2, 0) is 9.59 Å². The molecule has 0 atom stereocenters. The van der Waals surface area contributed by atoms with Crippen molar-refractivity contribution in [3.8, 4) is 0 Å². The van der Waals surface area contributed by atoms with Gasteiger partial charge in [0.15, 0.2) is 0 Å². The summed E-state index contributed by atoms with van der Waals surface area (Å²) < 4.78 is 0. The van der Waals surface area contributed by atoms with E-state index in [1.807, 2.05) is 29.2 Å². The van der Waals surface area contributed by atoms with Gasteiger partial charge in [0.05, 0.1) is 6.54 Å². The van der Waals surface area contributed by atoms with Gasteiger partial charge >= 0.3 is 0 Å². The average Bonchev–Trinajstić information content (AvgIpc) is 2.41. The predicted octanol–water partition coefficient (Wildman–Crippen LogP) is 2.41. The van der Waals surface area contributed by atoms with Crippen LogP contribution in [0, 0.1) is 0 Å². The van der Waals surface area contributed by atoms with Gasteiger partial charge in [-0.25, -0.2) is 0 Å². The molecular weight excluding hydrogens is 252 g/mol. The van der Waals surface area contributed by atoms with E-state index in [2.05, 4.69) is 19.2 Å². The lowest BCUT2D eigenvalue weighted by molar-refractivity contribution is -0.124. The van der Waals surface area contributed by atoms with Crippen molar-refractivity contribution in [3.05, 3.63) is 29.8 Å². The fraction of sp³-hybridized carbons (Fsp3) is 0.500. The second-order valence-electron chi connectivity index (χ2n) is 5.60. The normalized spacial score (nSPS) is 16.4. The van der Waals surface area contributed by atoms with Crippen molar-refractivity contribution in [2.24, 2.45) is 0 Å². The Hall–Kier alpha value is -1.68. The number of benzene rings is 1. The molecule has 1 aliphatic heterocycles. The van der Waals surface area contributed by atoms with Gasteiger partial charge < -0.3 is 5.32 Å². The number of anilines is 1. The minimum Gasteiger partial charge on any atom is -0.325 e. The Balaban J connectivity index is 1.93. The number of likely N-dealkylation sites (tertiary alicyclic amines) is 1. The third-order valence-corrected chi connectivity index (χ3v) is 3.64. The van der Waals surface area contributed by atoms with Crippen LogP contribution in [0.15, 0.2) is 24.3 Å². The van der Waals surface area contributed by atoms with E-state index in [1.54, 1.807) is 0 Å². The number of carbonyl (C=O) groups excluding carboxylic acids is 2. The van der Waals surface area contributed by atoms with Crippen molar-refractivity contribution in [2.45, 2.75) is 32.6 Å². The van der Waals surface area contributed by atoms with Gasteiger partial charge in [-0.15, -0.1) is 0 Å².